The lowest BCUT2D eigenvalue weighted by Gasteiger charge is -2.09. The van der Waals surface area contributed by atoms with Crippen LogP contribution in [0.2, 0.25) is 0 Å². The summed E-state index contributed by atoms with van der Waals surface area (Å²) in [6.45, 7) is 2.64. The van der Waals surface area contributed by atoms with Crippen LogP contribution in [0.4, 0.5) is 10.1 Å². The lowest BCUT2D eigenvalue weighted by molar-refractivity contribution is 0.620. The molecule has 2 rings (SSSR count). The van der Waals surface area contributed by atoms with Gasteiger partial charge >= 0.3 is 0 Å². The molecule has 2 aromatic rings. The minimum absolute atomic E-state index is 0.230. The van der Waals surface area contributed by atoms with Crippen LogP contribution in [0, 0.1) is 12.7 Å². The number of aryl methyl sites for hydroxylation is 1. The maximum atomic E-state index is 13.2. The van der Waals surface area contributed by atoms with E-state index in [1.165, 1.54) is 10.9 Å². The number of hydrogen-bond donors (Lipinski definition) is 1. The first-order valence-electron chi connectivity index (χ1n) is 4.98. The Morgan fingerprint density at radius 3 is 2.71 bits per heavy atom. The first-order chi connectivity index (χ1) is 8.06. The second-order valence-corrected chi connectivity index (χ2v) is 6.43. The van der Waals surface area contributed by atoms with Crippen molar-refractivity contribution in [1.29, 1.82) is 0 Å². The molecule has 0 unspecified atom stereocenters. The molecule has 0 saturated carbocycles. The van der Waals surface area contributed by atoms with Crippen LogP contribution in [0.25, 0.3) is 0 Å². The second kappa shape index (κ2) is 5.50. The highest BCUT2D eigenvalue weighted by Crippen LogP contribution is 2.26. The summed E-state index contributed by atoms with van der Waals surface area (Å²) in [6, 6.07) is 5.37. The van der Waals surface area contributed by atoms with Gasteiger partial charge in [0.2, 0.25) is 0 Å². The molecule has 1 nitrogen and oxygen atoms in total. The molecule has 0 bridgehead atoms. The Kier molecular flexibility index (Phi) is 4.22. The Hall–Kier alpha value is -0.390. The zero-order valence-corrected chi connectivity index (χ0v) is 13.0. The summed E-state index contributed by atoms with van der Waals surface area (Å²) in [6.07, 6.45) is 0. The second-order valence-electron chi connectivity index (χ2n) is 3.67. The zero-order chi connectivity index (χ0) is 12.4. The maximum absolute atomic E-state index is 13.2. The van der Waals surface area contributed by atoms with Gasteiger partial charge in [-0.05, 0) is 62.5 Å². The van der Waals surface area contributed by atoms with Gasteiger partial charge in [0.25, 0.3) is 0 Å². The molecule has 0 aliphatic carbocycles. The third-order valence-electron chi connectivity index (χ3n) is 2.34. The van der Waals surface area contributed by atoms with Crippen molar-refractivity contribution in [1.82, 2.24) is 0 Å². The van der Waals surface area contributed by atoms with Gasteiger partial charge in [-0.2, -0.15) is 0 Å². The minimum Gasteiger partial charge on any atom is -0.380 e. The Morgan fingerprint density at radius 1 is 1.29 bits per heavy atom. The molecule has 17 heavy (non-hydrogen) atoms. The number of nitrogens with one attached hydrogen (secondary N) is 1. The number of thiophene rings is 1. The van der Waals surface area contributed by atoms with Crippen molar-refractivity contribution in [3.8, 4) is 0 Å². The Labute approximate surface area is 120 Å². The average molecular weight is 379 g/mol. The predicted molar refractivity (Wildman–Crippen MR) is 78.2 cm³/mol. The van der Waals surface area contributed by atoms with Crippen LogP contribution in [-0.4, -0.2) is 0 Å². The van der Waals surface area contributed by atoms with E-state index in [1.54, 1.807) is 17.4 Å². The van der Waals surface area contributed by atoms with Crippen LogP contribution < -0.4 is 5.32 Å². The molecule has 0 fully saturated rings. The fraction of sp³-hybridized carbons (Fsp3) is 0.167. The zero-order valence-electron chi connectivity index (χ0n) is 9.06. The lowest BCUT2D eigenvalue weighted by Crippen LogP contribution is -2.00. The largest absolute Gasteiger partial charge is 0.380 e. The number of anilines is 1. The normalized spacial score (nSPS) is 10.6. The number of rotatable bonds is 3. The summed E-state index contributed by atoms with van der Waals surface area (Å²) in [5.41, 5.74) is 1.85. The van der Waals surface area contributed by atoms with Gasteiger partial charge in [0.05, 0.1) is 4.47 Å². The van der Waals surface area contributed by atoms with Crippen LogP contribution in [-0.2, 0) is 6.54 Å². The molecular formula is C12H10Br2FNS. The van der Waals surface area contributed by atoms with Gasteiger partial charge in [-0.15, -0.1) is 11.3 Å². The van der Waals surface area contributed by atoms with E-state index in [4.69, 9.17) is 0 Å². The number of hydrogen-bond acceptors (Lipinski definition) is 2. The molecular weight excluding hydrogens is 369 g/mol. The molecule has 0 spiro atoms. The number of benzene rings is 1. The van der Waals surface area contributed by atoms with Crippen molar-refractivity contribution < 1.29 is 4.39 Å². The van der Waals surface area contributed by atoms with E-state index >= 15 is 0 Å². The van der Waals surface area contributed by atoms with Crippen LogP contribution in [0.5, 0.6) is 0 Å². The Balaban J connectivity index is 2.11. The highest BCUT2D eigenvalue weighted by atomic mass is 79.9. The van der Waals surface area contributed by atoms with Gasteiger partial charge in [0, 0.05) is 27.0 Å². The molecule has 1 N–H and O–H groups in total. The molecule has 0 aliphatic heterocycles. The third-order valence-corrected chi connectivity index (χ3v) is 4.65. The molecule has 1 aromatic carbocycles. The van der Waals surface area contributed by atoms with E-state index < -0.39 is 0 Å². The van der Waals surface area contributed by atoms with Crippen LogP contribution in [0.1, 0.15) is 10.4 Å². The highest BCUT2D eigenvalue weighted by Gasteiger charge is 2.05. The van der Waals surface area contributed by atoms with Crippen molar-refractivity contribution in [3.63, 3.8) is 0 Å². The average Bonchev–Trinajstić information content (AvgIpc) is 2.68. The van der Waals surface area contributed by atoms with Gasteiger partial charge in [0.1, 0.15) is 5.82 Å². The van der Waals surface area contributed by atoms with Crippen LogP contribution in [0.3, 0.4) is 0 Å². The molecule has 0 radical (unpaired) electrons. The molecule has 0 saturated heterocycles. The van der Waals surface area contributed by atoms with Gasteiger partial charge in [-0.25, -0.2) is 4.39 Å². The topological polar surface area (TPSA) is 12.0 Å². The maximum Gasteiger partial charge on any atom is 0.137 e. The van der Waals surface area contributed by atoms with Crippen molar-refractivity contribution in [2.75, 3.05) is 5.32 Å². The van der Waals surface area contributed by atoms with E-state index in [-0.39, 0.29) is 5.82 Å². The smallest absolute Gasteiger partial charge is 0.137 e. The van der Waals surface area contributed by atoms with Gasteiger partial charge in [-0.3, -0.25) is 0 Å². The summed E-state index contributed by atoms with van der Waals surface area (Å²) >= 11 is 8.30. The first-order valence-corrected chi connectivity index (χ1v) is 7.45. The summed E-state index contributed by atoms with van der Waals surface area (Å²) in [7, 11) is 0. The summed E-state index contributed by atoms with van der Waals surface area (Å²) in [4.78, 5) is 1.23. The third kappa shape index (κ3) is 3.30. The molecule has 0 atom stereocenters. The summed E-state index contributed by atoms with van der Waals surface area (Å²) in [5.74, 6) is -0.230. The van der Waals surface area contributed by atoms with E-state index in [1.807, 2.05) is 12.3 Å². The highest BCUT2D eigenvalue weighted by molar-refractivity contribution is 9.10. The van der Waals surface area contributed by atoms with Crippen molar-refractivity contribution in [2.45, 2.75) is 13.5 Å². The van der Waals surface area contributed by atoms with Crippen molar-refractivity contribution in [2.24, 2.45) is 0 Å². The molecule has 1 heterocycles. The fourth-order valence-electron chi connectivity index (χ4n) is 1.47. The van der Waals surface area contributed by atoms with E-state index in [9.17, 15) is 4.39 Å². The standard InChI is InChI=1S/C12H10Br2FNS/c1-7-2-11(15)10(14)4-12(7)16-5-9-3-8(13)6-17-9/h2-4,6,16H,5H2,1H3. The SMILES string of the molecule is Cc1cc(F)c(Br)cc1NCc1cc(Br)cs1. The summed E-state index contributed by atoms with van der Waals surface area (Å²) < 4.78 is 14.8. The fourth-order valence-corrected chi connectivity index (χ4v) is 3.20. The van der Waals surface area contributed by atoms with Crippen molar-refractivity contribution in [3.05, 3.63) is 48.8 Å². The van der Waals surface area contributed by atoms with E-state index in [2.05, 4.69) is 43.2 Å². The van der Waals surface area contributed by atoms with Gasteiger partial charge in [0.15, 0.2) is 0 Å². The minimum atomic E-state index is -0.230. The molecule has 0 amide bonds. The van der Waals surface area contributed by atoms with Crippen LogP contribution >= 0.6 is 43.2 Å². The Morgan fingerprint density at radius 2 is 2.06 bits per heavy atom. The molecule has 1 aromatic heterocycles. The summed E-state index contributed by atoms with van der Waals surface area (Å²) in [5, 5.41) is 5.35. The van der Waals surface area contributed by atoms with Gasteiger partial charge < -0.3 is 5.32 Å². The van der Waals surface area contributed by atoms with Gasteiger partial charge in [-0.1, -0.05) is 0 Å². The Bertz CT molecular complexity index is 539. The molecule has 5 heteroatoms. The van der Waals surface area contributed by atoms with E-state index in [0.29, 0.717) is 4.47 Å². The number of halogens is 3. The monoisotopic (exact) mass is 377 g/mol. The lowest BCUT2D eigenvalue weighted by atomic mass is 10.2. The first kappa shape index (κ1) is 13.1. The van der Waals surface area contributed by atoms with Crippen LogP contribution in [0.15, 0.2) is 32.5 Å². The predicted octanol–water partition coefficient (Wildman–Crippen LogP) is 5.33. The van der Waals surface area contributed by atoms with Crippen molar-refractivity contribution >= 4 is 48.9 Å². The molecule has 90 valence electrons. The molecule has 0 aliphatic rings. The van der Waals surface area contributed by atoms with E-state index in [0.717, 1.165) is 22.3 Å². The quantitative estimate of drug-likeness (QED) is 0.760.